The highest BCUT2D eigenvalue weighted by Crippen LogP contribution is 2.61. The molecule has 0 spiro atoms. The molecule has 0 aromatic carbocycles. The van der Waals surface area contributed by atoms with Gasteiger partial charge in [0.1, 0.15) is 6.04 Å². The number of hydrogen-bond acceptors (Lipinski definition) is 9. The lowest BCUT2D eigenvalue weighted by atomic mass is 9.96. The van der Waals surface area contributed by atoms with E-state index in [1.165, 1.54) is 69.1 Å². The Kier molecular flexibility index (Phi) is 37.3. The van der Waals surface area contributed by atoms with E-state index in [9.17, 15) is 28.8 Å². The molecule has 2 unspecified atom stereocenters. The van der Waals surface area contributed by atoms with E-state index in [-0.39, 0.29) is 6.61 Å². The Balaban J connectivity index is 2.32. The lowest BCUT2D eigenvalue weighted by molar-refractivity contribution is -0.203. The maximum Gasteiger partial charge on any atom is 0.483 e. The molecule has 1 aliphatic heterocycles. The summed E-state index contributed by atoms with van der Waals surface area (Å²) in [4.78, 5) is 32.0. The third-order valence-corrected chi connectivity index (χ3v) is 16.4. The summed E-state index contributed by atoms with van der Waals surface area (Å²) in [5.41, 5.74) is 21.3. The number of aliphatic hydroxyl groups excluding tert-OH is 1. The molecule has 7 atom stereocenters. The highest BCUT2D eigenvalue weighted by molar-refractivity contribution is 7.61. The van der Waals surface area contributed by atoms with Crippen LogP contribution in [0.3, 0.4) is 0 Å². The summed E-state index contributed by atoms with van der Waals surface area (Å²) in [5.74, 6) is -0.594. The molecule has 0 aliphatic carbocycles. The first-order chi connectivity index (χ1) is 36.2. The number of aliphatic hydroxyl groups is 1. The Labute approximate surface area is 468 Å². The number of amides is 1. The molecule has 0 aromatic heterocycles. The van der Waals surface area contributed by atoms with Gasteiger partial charge in [-0.2, -0.15) is 4.31 Å². The number of carbonyl (C=O) groups is 1. The van der Waals surface area contributed by atoms with Crippen LogP contribution in [-0.2, 0) is 32.0 Å². The van der Waals surface area contributed by atoms with Crippen molar-refractivity contribution in [3.63, 3.8) is 0 Å². The Bertz CT molecular complexity index is 2240. The fourth-order valence-electron chi connectivity index (χ4n) is 8.65. The van der Waals surface area contributed by atoms with Crippen molar-refractivity contribution >= 4 is 21.6 Å². The maximum atomic E-state index is 12.6. The topological polar surface area (TPSA) is 187 Å². The van der Waals surface area contributed by atoms with Crippen molar-refractivity contribution in [3.05, 3.63) is 128 Å². The average molecular weight is 1110 g/mol. The van der Waals surface area contributed by atoms with Gasteiger partial charge in [0, 0.05) is 6.92 Å². The van der Waals surface area contributed by atoms with Crippen LogP contribution in [0.15, 0.2) is 128 Å². The number of phosphoric acid groups is 2. The summed E-state index contributed by atoms with van der Waals surface area (Å²) in [5, 5.41) is 12.8. The number of ether oxygens (including phenoxy) is 1. The molecule has 6 N–H and O–H groups in total. The standard InChI is InChI=1S/C63H106N2O10P2/c1-47(2)25-15-26-48(3)27-16-28-49(4)29-17-30-50(5)31-18-32-51(6)33-19-34-52(7)35-20-36-53(8)37-21-38-54(9)39-22-40-55(10)41-23-42-56(11)43-24-44-57(12)45-46-72-76(68,69)75-77(70,71)74-63-61(65-59(14)66)62(67)60(64)58(13)73-63/h25,27,29,31,33,35,37,39,41,43,45,58,60-63,67H,15-24,26,28,30,32,34,36,38,40,42,44,46,64H2,1-14H3,(H,65,66)(H,68,69)(H,70,71)/b48-27+,49-29+,50-31-,51-33-,52-35-,53-37-,54-39-,55-41-,56-43-,57-45-/t58-,60+,61-,62+,63-/m1/s1. The average Bonchev–Trinajstić information content (AvgIpc) is 3.31. The second-order valence-electron chi connectivity index (χ2n) is 22.1. The van der Waals surface area contributed by atoms with Gasteiger partial charge in [-0.15, -0.1) is 0 Å². The van der Waals surface area contributed by atoms with Gasteiger partial charge in [-0.05, 0) is 218 Å². The molecular weight excluding hydrogens is 1010 g/mol. The van der Waals surface area contributed by atoms with Crippen molar-refractivity contribution in [2.75, 3.05) is 6.61 Å². The monoisotopic (exact) mass is 1110 g/mol. The van der Waals surface area contributed by atoms with Crippen LogP contribution in [-0.4, -0.2) is 58.0 Å². The van der Waals surface area contributed by atoms with E-state index in [4.69, 9.17) is 19.5 Å². The smallest absolute Gasteiger partial charge is 0.389 e. The lowest BCUT2D eigenvalue weighted by Crippen LogP contribution is -2.65. The zero-order chi connectivity index (χ0) is 58.0. The van der Waals surface area contributed by atoms with Gasteiger partial charge in [0.25, 0.3) is 0 Å². The number of carbonyl (C=O) groups excluding carboxylic acids is 1. The van der Waals surface area contributed by atoms with Gasteiger partial charge in [0.05, 0.1) is 24.9 Å². The number of rotatable bonds is 38. The van der Waals surface area contributed by atoms with Crippen LogP contribution in [0.4, 0.5) is 0 Å². The molecule has 1 rings (SSSR count). The predicted octanol–water partition coefficient (Wildman–Crippen LogP) is 17.4. The number of nitrogens with two attached hydrogens (primary N) is 1. The molecule has 1 amide bonds. The van der Waals surface area contributed by atoms with E-state index in [0.29, 0.717) is 6.42 Å². The lowest BCUT2D eigenvalue weighted by Gasteiger charge is -2.42. The minimum atomic E-state index is -5.29. The second kappa shape index (κ2) is 40.0. The zero-order valence-electron chi connectivity index (χ0n) is 50.3. The van der Waals surface area contributed by atoms with Crippen molar-refractivity contribution in [2.45, 2.75) is 256 Å². The highest BCUT2D eigenvalue weighted by Gasteiger charge is 2.47. The molecule has 12 nitrogen and oxygen atoms in total. The molecule has 0 aromatic rings. The van der Waals surface area contributed by atoms with E-state index >= 15 is 0 Å². The van der Waals surface area contributed by atoms with Gasteiger partial charge in [0.2, 0.25) is 5.91 Å². The molecule has 1 aliphatic rings. The third-order valence-electron chi connectivity index (χ3n) is 13.8. The summed E-state index contributed by atoms with van der Waals surface area (Å²) in [6, 6.07) is -2.29. The molecule has 438 valence electrons. The molecule has 14 heteroatoms. The fourth-order valence-corrected chi connectivity index (χ4v) is 10.7. The summed E-state index contributed by atoms with van der Waals surface area (Å²) in [6.45, 7) is 28.7. The Hall–Kier alpha value is -3.25. The van der Waals surface area contributed by atoms with Gasteiger partial charge in [-0.1, -0.05) is 128 Å². The first-order valence-corrected chi connectivity index (χ1v) is 31.4. The normalized spacial score (nSPS) is 21.8. The number of nitrogens with one attached hydrogen (secondary N) is 1. The quantitative estimate of drug-likeness (QED) is 0.0292. The van der Waals surface area contributed by atoms with Crippen molar-refractivity contribution in [1.29, 1.82) is 0 Å². The van der Waals surface area contributed by atoms with Crippen LogP contribution in [0.5, 0.6) is 0 Å². The molecule has 77 heavy (non-hydrogen) atoms. The molecule has 1 fully saturated rings. The highest BCUT2D eigenvalue weighted by atomic mass is 31.3. The van der Waals surface area contributed by atoms with Gasteiger partial charge in [-0.3, -0.25) is 13.8 Å². The van der Waals surface area contributed by atoms with Crippen molar-refractivity contribution in [2.24, 2.45) is 5.73 Å². The van der Waals surface area contributed by atoms with Crippen LogP contribution in [0.25, 0.3) is 0 Å². The molecule has 1 saturated heterocycles. The summed E-state index contributed by atoms with van der Waals surface area (Å²) >= 11 is 0. The van der Waals surface area contributed by atoms with Crippen LogP contribution < -0.4 is 11.1 Å². The fraction of sp³-hybridized carbons (Fsp3) is 0.635. The van der Waals surface area contributed by atoms with Crippen LogP contribution in [0, 0.1) is 0 Å². The SMILES string of the molecule is CC(=O)N[C@H]1[C@@H](OP(=O)(O)OP(=O)(O)OC/C=C(/C)CC/C=C(/C)CC/C=C(/C)CC/C=C(/C)CC/C=C(/C)CC/C=C(/C)CC/C=C(/C)CC/C=C(/C)CC/C=C(\C)CC/C=C(\C)CCC=C(C)C)O[C@H](C)[C@H](N)[C@@H]1O. The number of allylic oxidation sites excluding steroid dienone is 21. The minimum absolute atomic E-state index is 0.358. The Morgan fingerprint density at radius 1 is 0.481 bits per heavy atom. The van der Waals surface area contributed by atoms with E-state index in [0.717, 1.165) is 128 Å². The van der Waals surface area contributed by atoms with E-state index < -0.39 is 52.1 Å². The number of phosphoric ester groups is 2. The minimum Gasteiger partial charge on any atom is -0.389 e. The van der Waals surface area contributed by atoms with Crippen molar-refractivity contribution < 1.29 is 46.9 Å². The number of hydrogen-bond donors (Lipinski definition) is 5. The molecule has 0 bridgehead atoms. The van der Waals surface area contributed by atoms with E-state index in [1.54, 1.807) is 6.08 Å². The Morgan fingerprint density at radius 2 is 0.753 bits per heavy atom. The zero-order valence-corrected chi connectivity index (χ0v) is 52.0. The van der Waals surface area contributed by atoms with Crippen LogP contribution in [0.1, 0.15) is 225 Å². The molecule has 0 saturated carbocycles. The van der Waals surface area contributed by atoms with E-state index in [1.807, 2.05) is 6.92 Å². The van der Waals surface area contributed by atoms with Crippen molar-refractivity contribution in [1.82, 2.24) is 5.32 Å². The van der Waals surface area contributed by atoms with E-state index in [2.05, 4.69) is 147 Å². The van der Waals surface area contributed by atoms with Crippen LogP contribution in [0.2, 0.25) is 0 Å². The van der Waals surface area contributed by atoms with Gasteiger partial charge in [0.15, 0.2) is 6.29 Å². The van der Waals surface area contributed by atoms with Gasteiger partial charge >= 0.3 is 15.6 Å². The first kappa shape index (κ1) is 71.8. The van der Waals surface area contributed by atoms with Gasteiger partial charge in [-0.25, -0.2) is 9.13 Å². The summed E-state index contributed by atoms with van der Waals surface area (Å²) in [7, 11) is -10.4. The molecule has 1 heterocycles. The molecule has 0 radical (unpaired) electrons. The summed E-state index contributed by atoms with van der Waals surface area (Å²) < 4.78 is 44.9. The first-order valence-electron chi connectivity index (χ1n) is 28.4. The largest absolute Gasteiger partial charge is 0.483 e. The third kappa shape index (κ3) is 37.3. The van der Waals surface area contributed by atoms with Gasteiger partial charge < -0.3 is 30.7 Å². The van der Waals surface area contributed by atoms with Crippen LogP contribution >= 0.6 is 15.6 Å². The second-order valence-corrected chi connectivity index (χ2v) is 25.1. The predicted molar refractivity (Wildman–Crippen MR) is 323 cm³/mol. The molecular formula is C63H106N2O10P2. The maximum absolute atomic E-state index is 12.6. The van der Waals surface area contributed by atoms with Crippen molar-refractivity contribution in [3.8, 4) is 0 Å². The summed E-state index contributed by atoms with van der Waals surface area (Å²) in [6.07, 6.45) is 42.8. The Morgan fingerprint density at radius 3 is 1.03 bits per heavy atom.